The summed E-state index contributed by atoms with van der Waals surface area (Å²) < 4.78 is 41.8. The van der Waals surface area contributed by atoms with Crippen molar-refractivity contribution in [3.63, 3.8) is 0 Å². The highest BCUT2D eigenvalue weighted by Gasteiger charge is 2.31. The second-order valence-electron chi connectivity index (χ2n) is 9.49. The smallest absolute Gasteiger partial charge is 0.406 e. The van der Waals surface area contributed by atoms with E-state index < -0.39 is 6.36 Å². The first-order valence-corrected chi connectivity index (χ1v) is 14.8. The summed E-state index contributed by atoms with van der Waals surface area (Å²) >= 11 is 23.3. The van der Waals surface area contributed by atoms with E-state index in [0.29, 0.717) is 48.4 Å². The summed E-state index contributed by atoms with van der Waals surface area (Å²) in [5.74, 6) is 4.85. The number of aromatic nitrogens is 2. The van der Waals surface area contributed by atoms with Gasteiger partial charge in [0.2, 0.25) is 0 Å². The summed E-state index contributed by atoms with van der Waals surface area (Å²) in [6.45, 7) is 2.04. The van der Waals surface area contributed by atoms with Gasteiger partial charge in [-0.25, -0.2) is 4.68 Å². The number of hydrogen-bond donors (Lipinski definition) is 3. The normalized spacial score (nSPS) is 10.2. The number of hydrazine groups is 1. The van der Waals surface area contributed by atoms with Crippen molar-refractivity contribution in [2.75, 3.05) is 11.2 Å². The molecule has 0 fully saturated rings. The zero-order chi connectivity index (χ0) is 34.7. The molecule has 0 amide bonds. The third kappa shape index (κ3) is 12.8. The lowest BCUT2D eigenvalue weighted by Crippen LogP contribution is -2.17. The van der Waals surface area contributed by atoms with Gasteiger partial charge in [-0.05, 0) is 79.7 Å². The van der Waals surface area contributed by atoms with Crippen LogP contribution in [0, 0.1) is 18.3 Å². The van der Waals surface area contributed by atoms with Gasteiger partial charge in [0.25, 0.3) is 0 Å². The molecule has 0 spiro atoms. The number of ketones is 1. The molecule has 252 valence electrons. The molecule has 0 aliphatic heterocycles. The Kier molecular flexibility index (Phi) is 15.4. The zero-order valence-electron chi connectivity index (χ0n) is 24.7. The fourth-order valence-corrected chi connectivity index (χ4v) is 4.82. The van der Waals surface area contributed by atoms with E-state index in [1.54, 1.807) is 30.3 Å². The lowest BCUT2D eigenvalue weighted by Gasteiger charge is -2.09. The Bertz CT molecular complexity index is 1820. The van der Waals surface area contributed by atoms with Crippen LogP contribution in [0.15, 0.2) is 91.0 Å². The van der Waals surface area contributed by atoms with Gasteiger partial charge in [-0.3, -0.25) is 10.6 Å². The molecule has 8 nitrogen and oxygen atoms in total. The number of hydrogen-bond acceptors (Lipinski definition) is 7. The molecular weight excluding hydrogens is 735 g/mol. The number of carbonyl (C=O) groups is 1. The van der Waals surface area contributed by atoms with Crippen molar-refractivity contribution in [3.8, 4) is 28.8 Å². The zero-order valence-corrected chi connectivity index (χ0v) is 28.6. The minimum atomic E-state index is -4.74. The van der Waals surface area contributed by atoms with Crippen LogP contribution in [0.25, 0.3) is 16.9 Å². The molecule has 0 saturated carbocycles. The number of Topliss-reactive ketones (excluding diaryl/α,β-unsaturated/α-hetero) is 1. The Balaban J connectivity index is 0.000000290. The van der Waals surface area contributed by atoms with E-state index in [1.165, 1.54) is 52.7 Å². The second kappa shape index (κ2) is 18.4. The number of rotatable bonds is 6. The van der Waals surface area contributed by atoms with Crippen LogP contribution in [0.5, 0.6) is 5.75 Å². The molecule has 0 unspecified atom stereocenters. The van der Waals surface area contributed by atoms with Crippen molar-refractivity contribution >= 4 is 76.1 Å². The lowest BCUT2D eigenvalue weighted by molar-refractivity contribution is -0.274. The van der Waals surface area contributed by atoms with E-state index in [2.05, 4.69) is 15.3 Å². The van der Waals surface area contributed by atoms with Gasteiger partial charge in [0.1, 0.15) is 11.6 Å². The molecule has 0 radical (unpaired) electrons. The third-order valence-corrected chi connectivity index (χ3v) is 6.73. The molecule has 0 bridgehead atoms. The number of nitrogen functional groups attached to an aromatic ring is 2. The number of nitrogens with two attached hydrogens (primary N) is 2. The van der Waals surface area contributed by atoms with Crippen LogP contribution in [0.3, 0.4) is 0 Å². The number of carbonyl (C=O) groups excluding carboxylic acids is 1. The van der Waals surface area contributed by atoms with E-state index in [0.717, 1.165) is 5.69 Å². The van der Waals surface area contributed by atoms with Crippen LogP contribution in [-0.4, -0.2) is 21.9 Å². The Morgan fingerprint density at radius 2 is 1.42 bits per heavy atom. The van der Waals surface area contributed by atoms with Gasteiger partial charge >= 0.3 is 6.36 Å². The summed E-state index contributed by atoms with van der Waals surface area (Å²) in [6.07, 6.45) is -4.90. The first-order valence-electron chi connectivity index (χ1n) is 13.2. The highest BCUT2D eigenvalue weighted by Crippen LogP contribution is 2.30. The topological polar surface area (TPSA) is 132 Å². The fraction of sp³-hybridized carbons (Fsp3) is 0.0938. The van der Waals surface area contributed by atoms with Crippen molar-refractivity contribution in [1.29, 1.82) is 5.26 Å². The van der Waals surface area contributed by atoms with E-state index >= 15 is 0 Å². The monoisotopic (exact) mass is 758 g/mol. The number of nitriles is 1. The number of nitrogens with zero attached hydrogens (tertiary/aromatic N) is 3. The highest BCUT2D eigenvalue weighted by molar-refractivity contribution is 6.35. The Hall–Kier alpha value is -4.15. The predicted molar refractivity (Wildman–Crippen MR) is 187 cm³/mol. The third-order valence-electron chi connectivity index (χ3n) is 5.85. The van der Waals surface area contributed by atoms with Crippen LogP contribution in [-0.2, 0) is 0 Å². The molecule has 1 heterocycles. The average molecular weight is 761 g/mol. The number of ether oxygens (including phenoxy) is 1. The standard InChI is InChI=1S/C16H10Cl2F3N3O.C9H5Cl2NO.C7H10N2.ClH/c17-10-5-9(6-11(18)7-10)14-8-15(22)24(23-14)12-1-3-13(4-2-12)25-16(19,20)21;10-7-3-6(4-8(11)5-7)9(13)1-2-12;1-6-2-4-7(9-8)5-3-6;/h1-8H,22H2;3-5H,1H2;2-5,9H,8H2,1H3;1H. The number of aryl methyl sites for hydroxylation is 1. The van der Waals surface area contributed by atoms with Gasteiger partial charge in [-0.2, -0.15) is 10.4 Å². The Morgan fingerprint density at radius 1 is 0.896 bits per heavy atom. The van der Waals surface area contributed by atoms with Crippen molar-refractivity contribution in [2.45, 2.75) is 19.7 Å². The number of benzene rings is 4. The van der Waals surface area contributed by atoms with Gasteiger partial charge < -0.3 is 15.9 Å². The molecule has 0 saturated heterocycles. The van der Waals surface area contributed by atoms with E-state index in [4.69, 9.17) is 63.2 Å². The van der Waals surface area contributed by atoms with Crippen molar-refractivity contribution in [1.82, 2.24) is 9.78 Å². The minimum absolute atomic E-state index is 0. The number of alkyl halides is 3. The predicted octanol–water partition coefficient (Wildman–Crippen LogP) is 10.1. The Morgan fingerprint density at radius 3 is 1.90 bits per heavy atom. The maximum atomic E-state index is 12.2. The fourth-order valence-electron chi connectivity index (χ4n) is 3.77. The number of nitrogens with one attached hydrogen (secondary N) is 1. The van der Waals surface area contributed by atoms with E-state index in [9.17, 15) is 18.0 Å². The lowest BCUT2D eigenvalue weighted by atomic mass is 10.1. The second-order valence-corrected chi connectivity index (χ2v) is 11.2. The van der Waals surface area contributed by atoms with Gasteiger partial charge in [0, 0.05) is 43.0 Å². The molecule has 48 heavy (non-hydrogen) atoms. The van der Waals surface area contributed by atoms with Crippen molar-refractivity contribution < 1.29 is 22.7 Å². The number of anilines is 2. The molecule has 1 aromatic heterocycles. The quantitative estimate of drug-likeness (QED) is 0.0892. The average Bonchev–Trinajstić information content (AvgIpc) is 3.38. The van der Waals surface area contributed by atoms with Crippen molar-refractivity contribution in [2.24, 2.45) is 5.84 Å². The van der Waals surface area contributed by atoms with E-state index in [1.807, 2.05) is 31.2 Å². The summed E-state index contributed by atoms with van der Waals surface area (Å²) in [5.41, 5.74) is 12.7. The molecule has 4 aromatic carbocycles. The molecular formula is C32H26Cl5F3N6O2. The largest absolute Gasteiger partial charge is 0.573 e. The van der Waals surface area contributed by atoms with Gasteiger partial charge in [-0.1, -0.05) is 64.1 Å². The summed E-state index contributed by atoms with van der Waals surface area (Å²) in [5, 5.41) is 14.3. The van der Waals surface area contributed by atoms with Gasteiger partial charge in [0.15, 0.2) is 5.78 Å². The van der Waals surface area contributed by atoms with Crippen LogP contribution >= 0.6 is 58.8 Å². The molecule has 0 atom stereocenters. The molecule has 5 N–H and O–H groups in total. The van der Waals surface area contributed by atoms with Gasteiger partial charge in [-0.15, -0.1) is 25.6 Å². The maximum absolute atomic E-state index is 12.2. The van der Waals surface area contributed by atoms with Crippen LogP contribution in [0.4, 0.5) is 24.7 Å². The number of halogens is 8. The van der Waals surface area contributed by atoms with Gasteiger partial charge in [0.05, 0.1) is 23.9 Å². The molecule has 5 rings (SSSR count). The summed E-state index contributed by atoms with van der Waals surface area (Å²) in [6, 6.07) is 25.9. The minimum Gasteiger partial charge on any atom is -0.406 e. The highest BCUT2D eigenvalue weighted by atomic mass is 35.5. The molecule has 5 aromatic rings. The van der Waals surface area contributed by atoms with Crippen LogP contribution in [0.2, 0.25) is 20.1 Å². The summed E-state index contributed by atoms with van der Waals surface area (Å²) in [7, 11) is 0. The first kappa shape index (κ1) is 40.0. The molecule has 0 aliphatic rings. The molecule has 16 heteroatoms. The van der Waals surface area contributed by atoms with Crippen LogP contribution < -0.4 is 21.7 Å². The maximum Gasteiger partial charge on any atom is 0.573 e. The Labute approximate surface area is 300 Å². The van der Waals surface area contributed by atoms with Crippen molar-refractivity contribution in [3.05, 3.63) is 122 Å². The van der Waals surface area contributed by atoms with Crippen LogP contribution in [0.1, 0.15) is 22.3 Å². The summed E-state index contributed by atoms with van der Waals surface area (Å²) in [4.78, 5) is 11.2. The SMILES string of the molecule is Cc1ccc(NN)cc1.Cl.N#CCC(=O)c1cc(Cl)cc(Cl)c1.Nc1cc(-c2cc(Cl)cc(Cl)c2)nn1-c1ccc(OC(F)(F)F)cc1. The molecule has 0 aliphatic carbocycles. The van der Waals surface area contributed by atoms with E-state index in [-0.39, 0.29) is 30.4 Å². The first-order chi connectivity index (χ1) is 22.2.